The maximum Gasteiger partial charge on any atom is 0.468 e. The third kappa shape index (κ3) is 3.67. The zero-order valence-corrected chi connectivity index (χ0v) is 15.9. The third-order valence-corrected chi connectivity index (χ3v) is 4.95. The predicted molar refractivity (Wildman–Crippen MR) is 92.8 cm³/mol. The fourth-order valence-corrected chi connectivity index (χ4v) is 2.84. The van der Waals surface area contributed by atoms with Crippen molar-refractivity contribution in [1.29, 1.82) is 0 Å². The summed E-state index contributed by atoms with van der Waals surface area (Å²) in [6, 6.07) is 0. The minimum absolute atomic E-state index is 0.180. The van der Waals surface area contributed by atoms with E-state index in [1.807, 2.05) is 41.5 Å². The van der Waals surface area contributed by atoms with Gasteiger partial charge in [-0.1, -0.05) is 6.92 Å². The van der Waals surface area contributed by atoms with Crippen LogP contribution in [0, 0.1) is 6.92 Å². The van der Waals surface area contributed by atoms with Gasteiger partial charge in [-0.3, -0.25) is 4.79 Å². The van der Waals surface area contributed by atoms with Gasteiger partial charge in [0, 0.05) is 17.9 Å². The van der Waals surface area contributed by atoms with Gasteiger partial charge >= 0.3 is 13.1 Å². The molecule has 24 heavy (non-hydrogen) atoms. The molecule has 1 fully saturated rings. The predicted octanol–water partition coefficient (Wildman–Crippen LogP) is 2.95. The molecule has 1 atom stereocenters. The molecule has 6 nitrogen and oxygen atoms in total. The van der Waals surface area contributed by atoms with Gasteiger partial charge in [-0.2, -0.15) is 0 Å². The Morgan fingerprint density at radius 1 is 1.25 bits per heavy atom. The van der Waals surface area contributed by atoms with Gasteiger partial charge in [-0.25, -0.2) is 4.98 Å². The van der Waals surface area contributed by atoms with Crippen molar-refractivity contribution in [3.05, 3.63) is 17.2 Å². The van der Waals surface area contributed by atoms with Crippen molar-refractivity contribution in [2.75, 3.05) is 6.61 Å². The number of carbonyl (C=O) groups excluding carboxylic acids is 1. The van der Waals surface area contributed by atoms with Crippen LogP contribution in [0.4, 0.5) is 0 Å². The van der Waals surface area contributed by atoms with Crippen LogP contribution in [-0.4, -0.2) is 40.9 Å². The first-order valence-corrected chi connectivity index (χ1v) is 8.68. The van der Waals surface area contributed by atoms with Gasteiger partial charge < -0.3 is 19.0 Å². The Morgan fingerprint density at radius 3 is 2.29 bits per heavy atom. The molecule has 0 aliphatic carbocycles. The number of esters is 1. The number of hydrogen-bond acceptors (Lipinski definition) is 5. The Kier molecular flexibility index (Phi) is 5.45. The fraction of sp³-hybridized carbons (Fsp3) is 0.765. The van der Waals surface area contributed by atoms with Crippen molar-refractivity contribution in [2.45, 2.75) is 78.3 Å². The van der Waals surface area contributed by atoms with Crippen LogP contribution in [0.2, 0.25) is 0 Å². The quantitative estimate of drug-likeness (QED) is 0.639. The summed E-state index contributed by atoms with van der Waals surface area (Å²) >= 11 is 0. The number of carbonyl (C=O) groups is 1. The van der Waals surface area contributed by atoms with Crippen molar-refractivity contribution in [3.8, 4) is 0 Å². The van der Waals surface area contributed by atoms with E-state index in [-0.39, 0.29) is 18.2 Å². The van der Waals surface area contributed by atoms with E-state index in [2.05, 4.69) is 9.97 Å². The van der Waals surface area contributed by atoms with Gasteiger partial charge in [0.05, 0.1) is 29.9 Å². The van der Waals surface area contributed by atoms with Crippen molar-refractivity contribution in [1.82, 2.24) is 9.97 Å². The summed E-state index contributed by atoms with van der Waals surface area (Å²) in [5.74, 6) is 0.326. The minimum atomic E-state index is -0.536. The Labute approximate surface area is 144 Å². The average molecular weight is 336 g/mol. The van der Waals surface area contributed by atoms with E-state index in [1.165, 1.54) is 0 Å². The van der Waals surface area contributed by atoms with Gasteiger partial charge in [0.15, 0.2) is 0 Å². The molecule has 7 heteroatoms. The molecule has 0 saturated carbocycles. The minimum Gasteiger partial charge on any atom is -0.466 e. The molecule has 134 valence electrons. The molecule has 1 aromatic heterocycles. The SMILES string of the molecule is CCOC(=O)CC(B1OC(C)(C)C(C)(C)O1)c1nc(CC)[nH]c1C. The monoisotopic (exact) mass is 336 g/mol. The molecule has 2 heterocycles. The van der Waals surface area contributed by atoms with Crippen molar-refractivity contribution < 1.29 is 18.8 Å². The van der Waals surface area contributed by atoms with Gasteiger partial charge in [0.25, 0.3) is 0 Å². The summed E-state index contributed by atoms with van der Waals surface area (Å²) in [4.78, 5) is 20.1. The van der Waals surface area contributed by atoms with Crippen LogP contribution in [0.25, 0.3) is 0 Å². The highest BCUT2D eigenvalue weighted by molar-refractivity contribution is 6.48. The van der Waals surface area contributed by atoms with E-state index in [0.29, 0.717) is 6.61 Å². The zero-order valence-electron chi connectivity index (χ0n) is 15.9. The maximum atomic E-state index is 12.1. The van der Waals surface area contributed by atoms with Crippen LogP contribution in [0.5, 0.6) is 0 Å². The van der Waals surface area contributed by atoms with E-state index in [1.54, 1.807) is 6.92 Å². The number of aromatic nitrogens is 2. The van der Waals surface area contributed by atoms with Crippen LogP contribution < -0.4 is 0 Å². The topological polar surface area (TPSA) is 73.4 Å². The molecule has 0 radical (unpaired) electrons. The number of imidazole rings is 1. The third-order valence-electron chi connectivity index (χ3n) is 4.95. The second-order valence-corrected chi connectivity index (χ2v) is 7.29. The second kappa shape index (κ2) is 6.88. The number of aryl methyl sites for hydroxylation is 2. The Balaban J connectivity index is 2.33. The van der Waals surface area contributed by atoms with E-state index >= 15 is 0 Å². The van der Waals surface area contributed by atoms with Gasteiger partial charge in [0.2, 0.25) is 0 Å². The molecule has 1 aromatic rings. The van der Waals surface area contributed by atoms with Crippen molar-refractivity contribution >= 4 is 13.1 Å². The highest BCUT2D eigenvalue weighted by Gasteiger charge is 2.55. The standard InChI is InChI=1S/C17H29BN2O4/c1-8-13-19-11(3)15(20-13)12(10-14(21)22-9-2)18-23-16(4,5)17(6,7)24-18/h12H,8-10H2,1-7H3,(H,19,20). The Hall–Kier alpha value is -1.34. The molecular weight excluding hydrogens is 307 g/mol. The molecule has 0 spiro atoms. The van der Waals surface area contributed by atoms with Crippen LogP contribution in [-0.2, 0) is 25.3 Å². The number of ether oxygens (including phenoxy) is 1. The first-order valence-electron chi connectivity index (χ1n) is 8.68. The summed E-state index contributed by atoms with van der Waals surface area (Å²) < 4.78 is 17.5. The normalized spacial score (nSPS) is 20.2. The number of rotatable bonds is 6. The second-order valence-electron chi connectivity index (χ2n) is 7.29. The average Bonchev–Trinajstić information content (AvgIpc) is 2.94. The first kappa shape index (κ1) is 19.0. The smallest absolute Gasteiger partial charge is 0.466 e. The Morgan fingerprint density at radius 2 is 1.83 bits per heavy atom. The largest absolute Gasteiger partial charge is 0.468 e. The highest BCUT2D eigenvalue weighted by Crippen LogP contribution is 2.42. The van der Waals surface area contributed by atoms with E-state index in [0.717, 1.165) is 23.6 Å². The molecule has 2 rings (SSSR count). The lowest BCUT2D eigenvalue weighted by atomic mass is 9.67. The lowest BCUT2D eigenvalue weighted by Crippen LogP contribution is -2.41. The first-order chi connectivity index (χ1) is 11.1. The maximum absolute atomic E-state index is 12.1. The summed E-state index contributed by atoms with van der Waals surface area (Å²) in [5.41, 5.74) is 0.847. The summed E-state index contributed by atoms with van der Waals surface area (Å²) in [6.07, 6.45) is 0.982. The molecular formula is C17H29BN2O4. The fourth-order valence-electron chi connectivity index (χ4n) is 2.84. The molecule has 1 aliphatic rings. The lowest BCUT2D eigenvalue weighted by Gasteiger charge is -2.32. The van der Waals surface area contributed by atoms with Crippen LogP contribution in [0.1, 0.15) is 71.0 Å². The number of H-pyrrole nitrogens is 1. The number of aromatic amines is 1. The van der Waals surface area contributed by atoms with Gasteiger partial charge in [0.1, 0.15) is 5.82 Å². The molecule has 1 N–H and O–H groups in total. The molecule has 0 amide bonds. The summed E-state index contributed by atoms with van der Waals surface area (Å²) in [6.45, 7) is 14.2. The molecule has 1 aliphatic heterocycles. The number of hydrogen-bond donors (Lipinski definition) is 1. The molecule has 1 unspecified atom stereocenters. The summed E-state index contributed by atoms with van der Waals surface area (Å²) in [5, 5.41) is 0. The van der Waals surface area contributed by atoms with Crippen LogP contribution in [0.15, 0.2) is 0 Å². The van der Waals surface area contributed by atoms with E-state index < -0.39 is 18.3 Å². The number of nitrogens with one attached hydrogen (secondary N) is 1. The number of nitrogens with zero attached hydrogens (tertiary/aromatic N) is 1. The van der Waals surface area contributed by atoms with Crippen molar-refractivity contribution in [3.63, 3.8) is 0 Å². The molecule has 0 aromatic carbocycles. The van der Waals surface area contributed by atoms with E-state index in [9.17, 15) is 4.79 Å². The van der Waals surface area contributed by atoms with Gasteiger partial charge in [-0.15, -0.1) is 0 Å². The van der Waals surface area contributed by atoms with Crippen LogP contribution in [0.3, 0.4) is 0 Å². The van der Waals surface area contributed by atoms with E-state index in [4.69, 9.17) is 14.0 Å². The highest BCUT2D eigenvalue weighted by atomic mass is 16.7. The van der Waals surface area contributed by atoms with Crippen molar-refractivity contribution in [2.24, 2.45) is 0 Å². The summed E-state index contributed by atoms with van der Waals surface area (Å²) in [7, 11) is -0.536. The van der Waals surface area contributed by atoms with Gasteiger partial charge in [-0.05, 0) is 41.5 Å². The molecule has 0 bridgehead atoms. The Bertz CT molecular complexity index is 581. The zero-order chi connectivity index (χ0) is 18.1. The lowest BCUT2D eigenvalue weighted by molar-refractivity contribution is -0.143. The molecule has 1 saturated heterocycles. The van der Waals surface area contributed by atoms with Crippen LogP contribution >= 0.6 is 0 Å².